The predicted octanol–water partition coefficient (Wildman–Crippen LogP) is 2.61. The Morgan fingerprint density at radius 3 is 2.93 bits per heavy atom. The fourth-order valence-corrected chi connectivity index (χ4v) is 4.23. The molecular formula is C20H32IN7O. The first-order valence-electron chi connectivity index (χ1n) is 10.4. The van der Waals surface area contributed by atoms with Gasteiger partial charge in [0.25, 0.3) is 0 Å². The number of piperidine rings is 1. The van der Waals surface area contributed by atoms with E-state index in [0.29, 0.717) is 11.6 Å². The van der Waals surface area contributed by atoms with E-state index >= 15 is 0 Å². The average Bonchev–Trinajstić information content (AvgIpc) is 3.47. The van der Waals surface area contributed by atoms with Crippen molar-refractivity contribution < 1.29 is 4.42 Å². The molecule has 1 atom stereocenters. The fourth-order valence-electron chi connectivity index (χ4n) is 4.23. The number of rotatable bonds is 6. The second kappa shape index (κ2) is 11.0. The molecule has 8 nitrogen and oxygen atoms in total. The maximum absolute atomic E-state index is 5.34. The van der Waals surface area contributed by atoms with Gasteiger partial charge in [0.05, 0.1) is 6.26 Å². The van der Waals surface area contributed by atoms with Crippen molar-refractivity contribution in [1.82, 2.24) is 30.3 Å². The van der Waals surface area contributed by atoms with Crippen molar-refractivity contribution in [3.05, 3.63) is 24.2 Å². The van der Waals surface area contributed by atoms with Crippen molar-refractivity contribution in [2.45, 2.75) is 32.1 Å². The Labute approximate surface area is 189 Å². The lowest BCUT2D eigenvalue weighted by atomic mass is 10.1. The van der Waals surface area contributed by atoms with Crippen LogP contribution < -0.4 is 5.32 Å². The number of likely N-dealkylation sites (tertiary alicyclic amines) is 2. The first-order chi connectivity index (χ1) is 13.8. The van der Waals surface area contributed by atoms with Gasteiger partial charge in [-0.05, 0) is 50.4 Å². The number of hydrogen-bond donors (Lipinski definition) is 2. The molecule has 4 rings (SSSR count). The molecule has 0 spiro atoms. The smallest absolute Gasteiger partial charge is 0.216 e. The summed E-state index contributed by atoms with van der Waals surface area (Å²) in [5.74, 6) is 3.88. The summed E-state index contributed by atoms with van der Waals surface area (Å²) in [5, 5.41) is 10.7. The summed E-state index contributed by atoms with van der Waals surface area (Å²) in [6, 6.07) is 3.70. The van der Waals surface area contributed by atoms with Crippen molar-refractivity contribution in [3.63, 3.8) is 0 Å². The summed E-state index contributed by atoms with van der Waals surface area (Å²) < 4.78 is 5.34. The summed E-state index contributed by atoms with van der Waals surface area (Å²) in [4.78, 5) is 14.0. The minimum absolute atomic E-state index is 0. The van der Waals surface area contributed by atoms with Gasteiger partial charge in [0.2, 0.25) is 5.82 Å². The number of hydrogen-bond acceptors (Lipinski definition) is 5. The highest BCUT2D eigenvalue weighted by atomic mass is 127. The highest BCUT2D eigenvalue weighted by Crippen LogP contribution is 2.20. The van der Waals surface area contributed by atoms with Crippen molar-refractivity contribution in [1.29, 1.82) is 0 Å². The molecule has 0 aliphatic carbocycles. The molecule has 0 bridgehead atoms. The van der Waals surface area contributed by atoms with Crippen LogP contribution in [0.2, 0.25) is 0 Å². The number of aromatic nitrogens is 3. The number of furan rings is 1. The van der Waals surface area contributed by atoms with E-state index in [4.69, 9.17) is 4.42 Å². The van der Waals surface area contributed by atoms with Crippen molar-refractivity contribution in [3.8, 4) is 11.6 Å². The SMILES string of the molecule is CN=C(NCCc1nc(-c2ccco2)n[nH]1)N1CCC(CN2CCCCC2)C1.I. The molecule has 2 aliphatic heterocycles. The zero-order valence-electron chi connectivity index (χ0n) is 17.1. The third-order valence-corrected chi connectivity index (χ3v) is 5.68. The molecule has 0 saturated carbocycles. The standard InChI is InChI=1S/C20H31N7O.HI/c1-21-20(27-12-8-16(15-27)14-26-10-3-2-4-11-26)22-9-7-18-23-19(25-24-18)17-6-5-13-28-17;/h5-6,13,16H,2-4,7-12,14-15H2,1H3,(H,21,22)(H,23,24,25);1H. The molecule has 0 amide bonds. The molecule has 0 aromatic carbocycles. The largest absolute Gasteiger partial charge is 0.461 e. The molecule has 2 fully saturated rings. The highest BCUT2D eigenvalue weighted by molar-refractivity contribution is 14.0. The minimum atomic E-state index is 0. The van der Waals surface area contributed by atoms with Gasteiger partial charge in [0, 0.05) is 39.6 Å². The van der Waals surface area contributed by atoms with E-state index in [2.05, 4.69) is 35.3 Å². The maximum atomic E-state index is 5.34. The lowest BCUT2D eigenvalue weighted by Gasteiger charge is -2.29. The van der Waals surface area contributed by atoms with Crippen LogP contribution in [0.1, 0.15) is 31.5 Å². The van der Waals surface area contributed by atoms with Gasteiger partial charge in [-0.25, -0.2) is 4.98 Å². The number of halogens is 1. The van der Waals surface area contributed by atoms with E-state index < -0.39 is 0 Å². The molecule has 2 N–H and O–H groups in total. The van der Waals surface area contributed by atoms with E-state index in [1.165, 1.54) is 45.3 Å². The highest BCUT2D eigenvalue weighted by Gasteiger charge is 2.26. The fraction of sp³-hybridized carbons (Fsp3) is 0.650. The molecule has 2 aliphatic rings. The number of H-pyrrole nitrogens is 1. The third kappa shape index (κ3) is 5.94. The van der Waals surface area contributed by atoms with Crippen LogP contribution in [0.5, 0.6) is 0 Å². The Hall–Kier alpha value is -1.62. The molecular weight excluding hydrogens is 481 g/mol. The van der Waals surface area contributed by atoms with Gasteiger partial charge in [-0.15, -0.1) is 24.0 Å². The van der Waals surface area contributed by atoms with E-state index in [9.17, 15) is 0 Å². The van der Waals surface area contributed by atoms with Gasteiger partial charge in [0.15, 0.2) is 11.7 Å². The molecule has 2 saturated heterocycles. The summed E-state index contributed by atoms with van der Waals surface area (Å²) in [6.07, 6.45) is 7.78. The molecule has 4 heterocycles. The molecule has 160 valence electrons. The minimum Gasteiger partial charge on any atom is -0.461 e. The van der Waals surface area contributed by atoms with Crippen LogP contribution in [0.4, 0.5) is 0 Å². The zero-order chi connectivity index (χ0) is 19.2. The van der Waals surface area contributed by atoms with Gasteiger partial charge in [-0.2, -0.15) is 5.10 Å². The summed E-state index contributed by atoms with van der Waals surface area (Å²) >= 11 is 0. The first kappa shape index (κ1) is 22.1. The summed E-state index contributed by atoms with van der Waals surface area (Å²) in [7, 11) is 1.86. The third-order valence-electron chi connectivity index (χ3n) is 5.68. The van der Waals surface area contributed by atoms with Gasteiger partial charge in [0.1, 0.15) is 5.82 Å². The first-order valence-corrected chi connectivity index (χ1v) is 10.4. The van der Waals surface area contributed by atoms with Crippen LogP contribution in [0.3, 0.4) is 0 Å². The van der Waals surface area contributed by atoms with Crippen LogP contribution in [0, 0.1) is 5.92 Å². The molecule has 1 unspecified atom stereocenters. The Morgan fingerprint density at radius 2 is 2.17 bits per heavy atom. The zero-order valence-corrected chi connectivity index (χ0v) is 19.5. The average molecular weight is 513 g/mol. The molecule has 2 aromatic rings. The Balaban J connectivity index is 0.00000240. The van der Waals surface area contributed by atoms with E-state index in [1.807, 2.05) is 19.2 Å². The monoisotopic (exact) mass is 513 g/mol. The van der Waals surface area contributed by atoms with Crippen molar-refractivity contribution in [2.24, 2.45) is 10.9 Å². The van der Waals surface area contributed by atoms with Crippen LogP contribution in [-0.4, -0.2) is 77.3 Å². The van der Waals surface area contributed by atoms with Crippen molar-refractivity contribution >= 4 is 29.9 Å². The lowest BCUT2D eigenvalue weighted by Crippen LogP contribution is -2.42. The van der Waals surface area contributed by atoms with Crippen LogP contribution >= 0.6 is 24.0 Å². The van der Waals surface area contributed by atoms with Gasteiger partial charge in [-0.3, -0.25) is 10.1 Å². The number of nitrogens with zero attached hydrogens (tertiary/aromatic N) is 5. The van der Waals surface area contributed by atoms with Gasteiger partial charge < -0.3 is 19.5 Å². The topological polar surface area (TPSA) is 85.6 Å². The van der Waals surface area contributed by atoms with E-state index in [1.54, 1.807) is 6.26 Å². The maximum Gasteiger partial charge on any atom is 0.216 e. The second-order valence-electron chi connectivity index (χ2n) is 7.77. The molecule has 0 radical (unpaired) electrons. The lowest BCUT2D eigenvalue weighted by molar-refractivity contribution is 0.198. The number of aliphatic imine (C=N–C) groups is 1. The number of guanidine groups is 1. The summed E-state index contributed by atoms with van der Waals surface area (Å²) in [5.41, 5.74) is 0. The number of nitrogens with one attached hydrogen (secondary N) is 2. The van der Waals surface area contributed by atoms with E-state index in [0.717, 1.165) is 43.8 Å². The normalized spacial score (nSPS) is 20.7. The number of aromatic amines is 1. The second-order valence-corrected chi connectivity index (χ2v) is 7.77. The van der Waals surface area contributed by atoms with Gasteiger partial charge >= 0.3 is 0 Å². The van der Waals surface area contributed by atoms with Crippen LogP contribution in [0.15, 0.2) is 27.8 Å². The van der Waals surface area contributed by atoms with Crippen LogP contribution in [-0.2, 0) is 6.42 Å². The summed E-state index contributed by atoms with van der Waals surface area (Å²) in [6.45, 7) is 6.75. The van der Waals surface area contributed by atoms with E-state index in [-0.39, 0.29) is 24.0 Å². The molecule has 9 heteroatoms. The molecule has 29 heavy (non-hydrogen) atoms. The predicted molar refractivity (Wildman–Crippen MR) is 125 cm³/mol. The van der Waals surface area contributed by atoms with Crippen molar-refractivity contribution in [2.75, 3.05) is 46.3 Å². The van der Waals surface area contributed by atoms with Crippen LogP contribution in [0.25, 0.3) is 11.6 Å². The quantitative estimate of drug-likeness (QED) is 0.351. The Morgan fingerprint density at radius 1 is 1.31 bits per heavy atom. The molecule has 2 aromatic heterocycles. The Kier molecular flexibility index (Phi) is 8.34. The Bertz CT molecular complexity index is 755. The van der Waals surface area contributed by atoms with Gasteiger partial charge in [-0.1, -0.05) is 6.42 Å².